The third kappa shape index (κ3) is 3.87. The van der Waals surface area contributed by atoms with Gasteiger partial charge in [-0.1, -0.05) is 86.7 Å². The maximum atomic E-state index is 7.09. The van der Waals surface area contributed by atoms with E-state index in [1.54, 1.807) is 0 Å². The highest BCUT2D eigenvalue weighted by Crippen LogP contribution is 2.53. The highest BCUT2D eigenvalue weighted by Gasteiger charge is 2.49. The van der Waals surface area contributed by atoms with Crippen LogP contribution in [-0.2, 0) is 6.42 Å². The number of fused-ring (bicyclic) bond motifs is 13. The standard InChI is InChI=1S/C41H42N4O/c1-25(2)28-10-8-11-29(24-28)30-13-9-14-33-34-19-17-27-16-18-32-31-12-6-7-15-35(31)44-22-20-43(5)41(44)36(32)26(3)40-42(4)21-23-45(40)37(27)39(34)46-38(30)33/h6-7,9,11-15,17,19-25,32,36,40-41H,3,8,10,16,18H2,1-2,4-5H3. The van der Waals surface area contributed by atoms with Crippen LogP contribution in [0.4, 0.5) is 11.4 Å². The minimum Gasteiger partial charge on any atom is -0.453 e. The number of likely N-dealkylation sites (N-methyl/N-ethyl adjacent to an activating group) is 1. The molecule has 5 heterocycles. The van der Waals surface area contributed by atoms with Crippen molar-refractivity contribution in [2.24, 2.45) is 11.8 Å². The van der Waals surface area contributed by atoms with Gasteiger partial charge in [0.2, 0.25) is 0 Å². The van der Waals surface area contributed by atoms with Gasteiger partial charge in [0.15, 0.2) is 5.58 Å². The lowest BCUT2D eigenvalue weighted by Crippen LogP contribution is -2.52. The zero-order valence-corrected chi connectivity index (χ0v) is 27.3. The minimum atomic E-state index is -0.0127. The Labute approximate surface area is 272 Å². The molecule has 0 spiro atoms. The number of hydrogen-bond donors (Lipinski definition) is 0. The van der Waals surface area contributed by atoms with E-state index in [9.17, 15) is 0 Å². The Morgan fingerprint density at radius 3 is 2.50 bits per heavy atom. The number of furan rings is 1. The monoisotopic (exact) mass is 606 g/mol. The van der Waals surface area contributed by atoms with Crippen molar-refractivity contribution in [2.45, 2.75) is 57.8 Å². The van der Waals surface area contributed by atoms with Crippen LogP contribution in [0.3, 0.4) is 0 Å². The molecule has 4 aromatic rings. The molecule has 4 aliphatic heterocycles. The number of aryl methyl sites for hydroxylation is 1. The van der Waals surface area contributed by atoms with E-state index in [0.717, 1.165) is 36.8 Å². The van der Waals surface area contributed by atoms with Crippen LogP contribution in [-0.4, -0.2) is 36.2 Å². The van der Waals surface area contributed by atoms with Crippen molar-refractivity contribution in [3.05, 3.63) is 126 Å². The first kappa shape index (κ1) is 27.7. The first-order chi connectivity index (χ1) is 22.4. The lowest BCUT2D eigenvalue weighted by molar-refractivity contribution is 0.217. The van der Waals surface area contributed by atoms with E-state index >= 15 is 0 Å². The highest BCUT2D eigenvalue weighted by atomic mass is 16.3. The maximum Gasteiger partial charge on any atom is 0.159 e. The summed E-state index contributed by atoms with van der Waals surface area (Å²) in [6.45, 7) is 9.55. The SMILES string of the molecule is C=C1C2C(CCc3ccc4c(oc5c(C6=CCCC(C(C)C)=C6)cccc54)c3N3C=CN(C)C13)c1ccccc1N1C=CN(C)C21. The molecule has 1 aromatic heterocycles. The number of benzene rings is 3. The fraction of sp³-hybridized carbons (Fsp3) is 0.317. The number of nitrogens with zero attached hydrogens (tertiary/aromatic N) is 4. The van der Waals surface area contributed by atoms with Crippen molar-refractivity contribution in [3.63, 3.8) is 0 Å². The lowest BCUT2D eigenvalue weighted by atomic mass is 9.72. The molecular formula is C41H42N4O. The fourth-order valence-corrected chi connectivity index (χ4v) is 9.05. The van der Waals surface area contributed by atoms with Gasteiger partial charge in [-0.25, -0.2) is 0 Å². The number of rotatable bonds is 2. The van der Waals surface area contributed by atoms with Crippen molar-refractivity contribution in [1.82, 2.24) is 9.80 Å². The first-order valence-corrected chi connectivity index (χ1v) is 16.9. The molecule has 232 valence electrons. The molecule has 5 heteroatoms. The van der Waals surface area contributed by atoms with Gasteiger partial charge in [-0.2, -0.15) is 0 Å². The van der Waals surface area contributed by atoms with E-state index < -0.39 is 0 Å². The van der Waals surface area contributed by atoms with Crippen LogP contribution in [0.2, 0.25) is 0 Å². The fourth-order valence-electron chi connectivity index (χ4n) is 9.05. The van der Waals surface area contributed by atoms with Gasteiger partial charge in [-0.15, -0.1) is 0 Å². The molecule has 3 aromatic carbocycles. The Kier molecular flexibility index (Phi) is 6.12. The number of allylic oxidation sites excluding steroid dienone is 4. The summed E-state index contributed by atoms with van der Waals surface area (Å²) >= 11 is 0. The second kappa shape index (κ2) is 10.2. The molecule has 5 aliphatic rings. The third-order valence-corrected chi connectivity index (χ3v) is 11.3. The van der Waals surface area contributed by atoms with Gasteiger partial charge in [0.05, 0.1) is 5.69 Å². The van der Waals surface area contributed by atoms with Gasteiger partial charge < -0.3 is 24.0 Å². The average molecular weight is 607 g/mol. The average Bonchev–Trinajstić information content (AvgIpc) is 3.77. The number of anilines is 2. The third-order valence-electron chi connectivity index (χ3n) is 11.3. The van der Waals surface area contributed by atoms with E-state index in [-0.39, 0.29) is 18.2 Å². The summed E-state index contributed by atoms with van der Waals surface area (Å²) in [6, 6.07) is 20.3. The summed E-state index contributed by atoms with van der Waals surface area (Å²) in [5.41, 5.74) is 12.5. The molecular weight excluding hydrogens is 564 g/mol. The Balaban J connectivity index is 1.23. The molecule has 46 heavy (non-hydrogen) atoms. The molecule has 1 aliphatic carbocycles. The van der Waals surface area contributed by atoms with Crippen LogP contribution in [0.25, 0.3) is 27.5 Å². The predicted molar refractivity (Wildman–Crippen MR) is 190 cm³/mol. The number of para-hydroxylation sites is 2. The van der Waals surface area contributed by atoms with Crippen LogP contribution in [0.1, 0.15) is 55.7 Å². The molecule has 4 unspecified atom stereocenters. The van der Waals surface area contributed by atoms with Crippen LogP contribution >= 0.6 is 0 Å². The number of hydrogen-bond acceptors (Lipinski definition) is 5. The first-order valence-electron chi connectivity index (χ1n) is 16.9. The summed E-state index contributed by atoms with van der Waals surface area (Å²) in [6.07, 6.45) is 18.1. The second-order valence-corrected chi connectivity index (χ2v) is 14.1. The van der Waals surface area contributed by atoms with Crippen molar-refractivity contribution in [2.75, 3.05) is 23.9 Å². The topological polar surface area (TPSA) is 26.1 Å². The highest BCUT2D eigenvalue weighted by molar-refractivity contribution is 6.12. The van der Waals surface area contributed by atoms with E-state index in [2.05, 4.69) is 139 Å². The summed E-state index contributed by atoms with van der Waals surface area (Å²) in [5.74, 6) is 1.15. The zero-order chi connectivity index (χ0) is 31.3. The summed E-state index contributed by atoms with van der Waals surface area (Å²) in [4.78, 5) is 9.64. The van der Waals surface area contributed by atoms with Crippen molar-refractivity contribution in [1.29, 1.82) is 0 Å². The Morgan fingerprint density at radius 1 is 0.826 bits per heavy atom. The maximum absolute atomic E-state index is 7.09. The normalized spacial score (nSPS) is 25.2. The van der Waals surface area contributed by atoms with Crippen molar-refractivity contribution < 1.29 is 4.42 Å². The van der Waals surface area contributed by atoms with Gasteiger partial charge >= 0.3 is 0 Å². The van der Waals surface area contributed by atoms with E-state index in [1.807, 2.05) is 0 Å². The Bertz CT molecular complexity index is 2040. The van der Waals surface area contributed by atoms with E-state index in [0.29, 0.717) is 11.8 Å². The van der Waals surface area contributed by atoms with Crippen LogP contribution in [0.15, 0.2) is 114 Å². The molecule has 4 atom stereocenters. The largest absolute Gasteiger partial charge is 0.453 e. The minimum absolute atomic E-state index is 0.0127. The molecule has 0 radical (unpaired) electrons. The molecule has 0 bridgehead atoms. The Morgan fingerprint density at radius 2 is 1.63 bits per heavy atom. The second-order valence-electron chi connectivity index (χ2n) is 14.1. The molecule has 0 saturated heterocycles. The molecule has 0 saturated carbocycles. The lowest BCUT2D eigenvalue weighted by Gasteiger charge is -2.48. The summed E-state index contributed by atoms with van der Waals surface area (Å²) in [5, 5.41) is 2.37. The van der Waals surface area contributed by atoms with Gasteiger partial charge in [0.1, 0.15) is 17.9 Å². The van der Waals surface area contributed by atoms with Gasteiger partial charge in [-0.3, -0.25) is 0 Å². The quantitative estimate of drug-likeness (QED) is 0.212. The summed E-state index contributed by atoms with van der Waals surface area (Å²) < 4.78 is 7.09. The van der Waals surface area contributed by atoms with Crippen LogP contribution in [0.5, 0.6) is 0 Å². The molecule has 9 rings (SSSR count). The van der Waals surface area contributed by atoms with Crippen molar-refractivity contribution >= 4 is 38.9 Å². The van der Waals surface area contributed by atoms with Crippen LogP contribution in [0, 0.1) is 11.8 Å². The Hall–Kier alpha value is -4.64. The molecule has 0 fully saturated rings. The van der Waals surface area contributed by atoms with E-state index in [1.165, 1.54) is 55.6 Å². The van der Waals surface area contributed by atoms with Crippen LogP contribution < -0.4 is 9.80 Å². The van der Waals surface area contributed by atoms with Crippen molar-refractivity contribution in [3.8, 4) is 0 Å². The predicted octanol–water partition coefficient (Wildman–Crippen LogP) is 9.36. The smallest absolute Gasteiger partial charge is 0.159 e. The molecule has 5 nitrogen and oxygen atoms in total. The van der Waals surface area contributed by atoms with E-state index in [4.69, 9.17) is 11.0 Å². The van der Waals surface area contributed by atoms with Gasteiger partial charge in [0.25, 0.3) is 0 Å². The molecule has 0 amide bonds. The summed E-state index contributed by atoms with van der Waals surface area (Å²) in [7, 11) is 4.40. The molecule has 0 N–H and O–H groups in total. The van der Waals surface area contributed by atoms with Gasteiger partial charge in [0, 0.05) is 66.8 Å². The van der Waals surface area contributed by atoms with Gasteiger partial charge in [-0.05, 0) is 65.9 Å². The zero-order valence-electron chi connectivity index (χ0n) is 27.3.